The molecule has 0 unspecified atom stereocenters. The lowest BCUT2D eigenvalue weighted by molar-refractivity contribution is 0.0778. The number of hydrogen-bond acceptors (Lipinski definition) is 3. The SMILES string of the molecule is CCNC(=NCC1(CCOC)CCC1)NCCc1cc(C)ccc1OC. The minimum Gasteiger partial charge on any atom is -0.496 e. The normalized spacial score (nSPS) is 16.1. The number of benzene rings is 1. The number of hydrogen-bond donors (Lipinski definition) is 2. The van der Waals surface area contributed by atoms with E-state index in [-0.39, 0.29) is 0 Å². The molecule has 0 radical (unpaired) electrons. The van der Waals surface area contributed by atoms with Crippen molar-refractivity contribution in [3.05, 3.63) is 29.3 Å². The molecular weight excluding hydrogens is 326 g/mol. The van der Waals surface area contributed by atoms with E-state index >= 15 is 0 Å². The van der Waals surface area contributed by atoms with E-state index in [0.717, 1.165) is 50.8 Å². The molecule has 1 aliphatic carbocycles. The summed E-state index contributed by atoms with van der Waals surface area (Å²) in [5.41, 5.74) is 2.83. The first-order valence-electron chi connectivity index (χ1n) is 9.77. The number of aliphatic imine (C=N–C) groups is 1. The van der Waals surface area contributed by atoms with Gasteiger partial charge < -0.3 is 20.1 Å². The second-order valence-corrected chi connectivity index (χ2v) is 7.28. The third kappa shape index (κ3) is 5.90. The molecule has 1 aromatic rings. The zero-order chi connectivity index (χ0) is 18.8. The van der Waals surface area contributed by atoms with Crippen molar-refractivity contribution >= 4 is 5.96 Å². The molecule has 0 atom stereocenters. The van der Waals surface area contributed by atoms with Crippen LogP contribution in [0, 0.1) is 12.3 Å². The predicted octanol–water partition coefficient (Wildman–Crippen LogP) is 3.31. The van der Waals surface area contributed by atoms with Crippen LogP contribution in [-0.4, -0.2) is 46.4 Å². The second-order valence-electron chi connectivity index (χ2n) is 7.28. The Morgan fingerprint density at radius 3 is 2.65 bits per heavy atom. The lowest BCUT2D eigenvalue weighted by Gasteiger charge is -2.40. The highest BCUT2D eigenvalue weighted by Crippen LogP contribution is 2.44. The molecule has 26 heavy (non-hydrogen) atoms. The predicted molar refractivity (Wildman–Crippen MR) is 108 cm³/mol. The number of ether oxygens (including phenoxy) is 2. The van der Waals surface area contributed by atoms with Gasteiger partial charge in [-0.1, -0.05) is 24.1 Å². The number of aryl methyl sites for hydroxylation is 1. The second kappa shape index (κ2) is 10.4. The Kier molecular flexibility index (Phi) is 8.23. The van der Waals surface area contributed by atoms with Gasteiger partial charge in [0.1, 0.15) is 5.75 Å². The van der Waals surface area contributed by atoms with Crippen LogP contribution in [0.5, 0.6) is 5.75 Å². The zero-order valence-corrected chi connectivity index (χ0v) is 16.9. The summed E-state index contributed by atoms with van der Waals surface area (Å²) in [6.45, 7) is 7.61. The van der Waals surface area contributed by atoms with E-state index in [1.807, 2.05) is 6.07 Å². The summed E-state index contributed by atoms with van der Waals surface area (Å²) in [4.78, 5) is 4.86. The third-order valence-electron chi connectivity index (χ3n) is 5.29. The molecule has 2 rings (SSSR count). The molecule has 0 aliphatic heterocycles. The smallest absolute Gasteiger partial charge is 0.191 e. The van der Waals surface area contributed by atoms with Gasteiger partial charge in [0.15, 0.2) is 5.96 Å². The van der Waals surface area contributed by atoms with E-state index in [2.05, 4.69) is 36.6 Å². The molecule has 0 aromatic heterocycles. The minimum absolute atomic E-state index is 0.345. The van der Waals surface area contributed by atoms with Crippen LogP contribution in [0.1, 0.15) is 43.7 Å². The number of nitrogens with zero attached hydrogens (tertiary/aromatic N) is 1. The molecule has 1 aromatic carbocycles. The van der Waals surface area contributed by atoms with Crippen molar-refractivity contribution in [3.8, 4) is 5.75 Å². The molecule has 146 valence electrons. The number of guanidine groups is 1. The molecule has 1 aliphatic rings. The molecule has 5 nitrogen and oxygen atoms in total. The Morgan fingerprint density at radius 1 is 1.23 bits per heavy atom. The number of rotatable bonds is 10. The van der Waals surface area contributed by atoms with E-state index in [1.54, 1.807) is 14.2 Å². The number of methoxy groups -OCH3 is 2. The summed E-state index contributed by atoms with van der Waals surface area (Å²) in [5, 5.41) is 6.83. The van der Waals surface area contributed by atoms with Crippen molar-refractivity contribution in [3.63, 3.8) is 0 Å². The third-order valence-corrected chi connectivity index (χ3v) is 5.29. The maximum Gasteiger partial charge on any atom is 0.191 e. The van der Waals surface area contributed by atoms with E-state index in [9.17, 15) is 0 Å². The highest BCUT2D eigenvalue weighted by molar-refractivity contribution is 5.79. The fourth-order valence-electron chi connectivity index (χ4n) is 3.49. The Morgan fingerprint density at radius 2 is 2.04 bits per heavy atom. The van der Waals surface area contributed by atoms with Crippen LogP contribution in [0.15, 0.2) is 23.2 Å². The summed E-state index contributed by atoms with van der Waals surface area (Å²) in [5.74, 6) is 1.86. The molecule has 0 bridgehead atoms. The first kappa shape index (κ1) is 20.6. The molecule has 0 heterocycles. The first-order valence-corrected chi connectivity index (χ1v) is 9.77. The monoisotopic (exact) mass is 361 g/mol. The van der Waals surface area contributed by atoms with Gasteiger partial charge in [-0.3, -0.25) is 4.99 Å². The van der Waals surface area contributed by atoms with Gasteiger partial charge in [-0.05, 0) is 56.6 Å². The highest BCUT2D eigenvalue weighted by atomic mass is 16.5. The Bertz CT molecular complexity index is 583. The van der Waals surface area contributed by atoms with E-state index in [1.165, 1.54) is 30.4 Å². The maximum absolute atomic E-state index is 5.47. The van der Waals surface area contributed by atoms with Gasteiger partial charge in [0.25, 0.3) is 0 Å². The fraction of sp³-hybridized carbons (Fsp3) is 0.667. The van der Waals surface area contributed by atoms with Crippen molar-refractivity contribution in [2.75, 3.05) is 40.5 Å². The minimum atomic E-state index is 0.345. The molecule has 0 saturated heterocycles. The lowest BCUT2D eigenvalue weighted by atomic mass is 9.67. The zero-order valence-electron chi connectivity index (χ0n) is 16.9. The van der Waals surface area contributed by atoms with Crippen LogP contribution in [0.2, 0.25) is 0 Å². The number of nitrogens with one attached hydrogen (secondary N) is 2. The van der Waals surface area contributed by atoms with Gasteiger partial charge >= 0.3 is 0 Å². The largest absolute Gasteiger partial charge is 0.496 e. The summed E-state index contributed by atoms with van der Waals surface area (Å²) < 4.78 is 10.8. The van der Waals surface area contributed by atoms with Crippen LogP contribution in [0.4, 0.5) is 0 Å². The first-order chi connectivity index (χ1) is 12.6. The molecule has 1 saturated carbocycles. The van der Waals surface area contributed by atoms with Crippen molar-refractivity contribution in [2.24, 2.45) is 10.4 Å². The molecule has 5 heteroatoms. The van der Waals surface area contributed by atoms with Crippen LogP contribution in [-0.2, 0) is 11.2 Å². The van der Waals surface area contributed by atoms with Crippen LogP contribution >= 0.6 is 0 Å². The molecule has 0 amide bonds. The topological polar surface area (TPSA) is 54.9 Å². The average molecular weight is 362 g/mol. The highest BCUT2D eigenvalue weighted by Gasteiger charge is 2.36. The van der Waals surface area contributed by atoms with Gasteiger partial charge in [0, 0.05) is 33.4 Å². The van der Waals surface area contributed by atoms with Gasteiger partial charge in [-0.25, -0.2) is 0 Å². The Balaban J connectivity index is 1.90. The van der Waals surface area contributed by atoms with Gasteiger partial charge in [-0.15, -0.1) is 0 Å². The fourth-order valence-corrected chi connectivity index (χ4v) is 3.49. The van der Waals surface area contributed by atoms with Crippen molar-refractivity contribution in [1.29, 1.82) is 0 Å². The maximum atomic E-state index is 5.47. The van der Waals surface area contributed by atoms with Crippen molar-refractivity contribution in [1.82, 2.24) is 10.6 Å². The van der Waals surface area contributed by atoms with Gasteiger partial charge in [0.2, 0.25) is 0 Å². The van der Waals surface area contributed by atoms with Crippen molar-refractivity contribution < 1.29 is 9.47 Å². The van der Waals surface area contributed by atoms with Crippen LogP contribution in [0.3, 0.4) is 0 Å². The van der Waals surface area contributed by atoms with E-state index < -0.39 is 0 Å². The van der Waals surface area contributed by atoms with Crippen LogP contribution < -0.4 is 15.4 Å². The quantitative estimate of drug-likeness (QED) is 0.496. The molecule has 1 fully saturated rings. The van der Waals surface area contributed by atoms with Gasteiger partial charge in [0.05, 0.1) is 7.11 Å². The average Bonchev–Trinajstić information content (AvgIpc) is 2.60. The van der Waals surface area contributed by atoms with Crippen LogP contribution in [0.25, 0.3) is 0 Å². The summed E-state index contributed by atoms with van der Waals surface area (Å²) in [7, 11) is 3.51. The van der Waals surface area contributed by atoms with E-state index in [4.69, 9.17) is 14.5 Å². The summed E-state index contributed by atoms with van der Waals surface area (Å²) in [6, 6.07) is 6.32. The summed E-state index contributed by atoms with van der Waals surface area (Å²) in [6.07, 6.45) is 5.85. The molecule has 0 spiro atoms. The Labute approximate surface area is 158 Å². The van der Waals surface area contributed by atoms with Crippen molar-refractivity contribution in [2.45, 2.75) is 46.0 Å². The van der Waals surface area contributed by atoms with E-state index in [0.29, 0.717) is 5.41 Å². The molecule has 2 N–H and O–H groups in total. The summed E-state index contributed by atoms with van der Waals surface area (Å²) >= 11 is 0. The Hall–Kier alpha value is -1.75. The lowest BCUT2D eigenvalue weighted by Crippen LogP contribution is -2.41. The standard InChI is InChI=1S/C21H35N3O2/c1-5-22-20(24-16-21(10-6-11-21)12-14-25-3)23-13-9-18-15-17(2)7-8-19(18)26-4/h7-8,15H,5-6,9-14,16H2,1-4H3,(H2,22,23,24). The molecular formula is C21H35N3O2. The van der Waals surface area contributed by atoms with Gasteiger partial charge in [-0.2, -0.15) is 0 Å².